The van der Waals surface area contributed by atoms with E-state index in [1.807, 2.05) is 0 Å². The van der Waals surface area contributed by atoms with Crippen molar-refractivity contribution in [2.24, 2.45) is 17.8 Å². The zero-order valence-corrected chi connectivity index (χ0v) is 17.0. The van der Waals surface area contributed by atoms with Crippen LogP contribution in [-0.4, -0.2) is 17.8 Å². The number of carbonyl (C=O) groups is 3. The number of amides is 2. The molecule has 1 saturated carbocycles. The third-order valence-electron chi connectivity index (χ3n) is 5.55. The van der Waals surface area contributed by atoms with Gasteiger partial charge in [-0.3, -0.25) is 14.5 Å². The summed E-state index contributed by atoms with van der Waals surface area (Å²) >= 11 is 3.33. The van der Waals surface area contributed by atoms with Gasteiger partial charge in [0.2, 0.25) is 11.8 Å². The SMILES string of the molecule is C[C@@H]1CC[C@H]2C(=O)N(c3cccc(C(=O)Oc4ccc(Br)cc4)c3)C(=O)[C@@H]2C1. The molecule has 1 aliphatic heterocycles. The first-order chi connectivity index (χ1) is 13.4. The van der Waals surface area contributed by atoms with E-state index in [1.165, 1.54) is 4.90 Å². The van der Waals surface area contributed by atoms with Crippen molar-refractivity contribution in [2.75, 3.05) is 4.90 Å². The Bertz CT molecular complexity index is 940. The van der Waals surface area contributed by atoms with Gasteiger partial charge in [-0.1, -0.05) is 28.9 Å². The lowest BCUT2D eigenvalue weighted by atomic mass is 9.76. The Kier molecular flexibility index (Phi) is 5.06. The van der Waals surface area contributed by atoms with E-state index < -0.39 is 5.97 Å². The molecule has 2 aromatic carbocycles. The highest BCUT2D eigenvalue weighted by molar-refractivity contribution is 9.10. The highest BCUT2D eigenvalue weighted by atomic mass is 79.9. The van der Waals surface area contributed by atoms with E-state index in [0.717, 1.165) is 23.7 Å². The molecule has 1 aliphatic carbocycles. The molecule has 0 aromatic heterocycles. The van der Waals surface area contributed by atoms with E-state index in [2.05, 4.69) is 22.9 Å². The minimum Gasteiger partial charge on any atom is -0.423 e. The number of halogens is 1. The van der Waals surface area contributed by atoms with Crippen LogP contribution in [-0.2, 0) is 9.59 Å². The molecule has 2 fully saturated rings. The summed E-state index contributed by atoms with van der Waals surface area (Å²) in [6.07, 6.45) is 2.46. The number of imide groups is 1. The molecular formula is C22H20BrNO4. The summed E-state index contributed by atoms with van der Waals surface area (Å²) in [5.74, 6) is -0.441. The van der Waals surface area contributed by atoms with E-state index in [9.17, 15) is 14.4 Å². The predicted octanol–water partition coefficient (Wildman–Crippen LogP) is 4.59. The summed E-state index contributed by atoms with van der Waals surface area (Å²) in [4.78, 5) is 39.5. The quantitative estimate of drug-likeness (QED) is 0.396. The predicted molar refractivity (Wildman–Crippen MR) is 108 cm³/mol. The van der Waals surface area contributed by atoms with Crippen molar-refractivity contribution in [3.63, 3.8) is 0 Å². The average molecular weight is 442 g/mol. The highest BCUT2D eigenvalue weighted by Crippen LogP contribution is 2.42. The normalized spacial score (nSPS) is 24.2. The smallest absolute Gasteiger partial charge is 0.343 e. The van der Waals surface area contributed by atoms with E-state index in [-0.39, 0.29) is 23.7 Å². The molecule has 0 radical (unpaired) electrons. The molecule has 2 aromatic rings. The van der Waals surface area contributed by atoms with Crippen molar-refractivity contribution in [1.29, 1.82) is 0 Å². The van der Waals surface area contributed by atoms with Crippen LogP contribution < -0.4 is 9.64 Å². The van der Waals surface area contributed by atoms with Crippen LogP contribution >= 0.6 is 15.9 Å². The second-order valence-corrected chi connectivity index (χ2v) is 8.45. The first-order valence-electron chi connectivity index (χ1n) is 9.39. The fourth-order valence-corrected chi connectivity index (χ4v) is 4.35. The summed E-state index contributed by atoms with van der Waals surface area (Å²) in [5, 5.41) is 0. The average Bonchev–Trinajstić information content (AvgIpc) is 2.93. The molecule has 6 heteroatoms. The minimum atomic E-state index is -0.533. The van der Waals surface area contributed by atoms with Crippen molar-refractivity contribution < 1.29 is 19.1 Å². The highest BCUT2D eigenvalue weighted by Gasteiger charge is 2.50. The van der Waals surface area contributed by atoms with Gasteiger partial charge >= 0.3 is 5.97 Å². The van der Waals surface area contributed by atoms with Gasteiger partial charge in [0.15, 0.2) is 0 Å². The van der Waals surface area contributed by atoms with Crippen molar-refractivity contribution >= 4 is 39.4 Å². The van der Waals surface area contributed by atoms with Gasteiger partial charge in [0.1, 0.15) is 5.75 Å². The van der Waals surface area contributed by atoms with Crippen molar-refractivity contribution in [2.45, 2.75) is 26.2 Å². The van der Waals surface area contributed by atoms with Gasteiger partial charge in [-0.15, -0.1) is 0 Å². The molecule has 28 heavy (non-hydrogen) atoms. The molecule has 1 heterocycles. The molecule has 0 unspecified atom stereocenters. The van der Waals surface area contributed by atoms with Gasteiger partial charge in [-0.05, 0) is 67.6 Å². The summed E-state index contributed by atoms with van der Waals surface area (Å²) in [5.41, 5.74) is 0.728. The number of ether oxygens (including phenoxy) is 1. The lowest BCUT2D eigenvalue weighted by Gasteiger charge is -2.25. The van der Waals surface area contributed by atoms with Crippen LogP contribution in [0.4, 0.5) is 5.69 Å². The Morgan fingerprint density at radius 1 is 1.04 bits per heavy atom. The maximum absolute atomic E-state index is 12.9. The Labute approximate surface area is 171 Å². The van der Waals surface area contributed by atoms with Gasteiger partial charge in [-0.2, -0.15) is 0 Å². The summed E-state index contributed by atoms with van der Waals surface area (Å²) in [7, 11) is 0. The number of carbonyl (C=O) groups excluding carboxylic acids is 3. The monoisotopic (exact) mass is 441 g/mol. The summed E-state index contributed by atoms with van der Waals surface area (Å²) in [6.45, 7) is 2.12. The van der Waals surface area contributed by atoms with Crippen LogP contribution in [0.2, 0.25) is 0 Å². The first kappa shape index (κ1) is 18.9. The third kappa shape index (κ3) is 3.49. The number of hydrogen-bond acceptors (Lipinski definition) is 4. The number of rotatable bonds is 3. The molecule has 2 amide bonds. The topological polar surface area (TPSA) is 63.7 Å². The first-order valence-corrected chi connectivity index (χ1v) is 10.2. The van der Waals surface area contributed by atoms with Crippen LogP contribution in [0.25, 0.3) is 0 Å². The number of nitrogens with zero attached hydrogens (tertiary/aromatic N) is 1. The van der Waals surface area contributed by atoms with E-state index in [0.29, 0.717) is 22.9 Å². The zero-order chi connectivity index (χ0) is 19.8. The summed E-state index contributed by atoms with van der Waals surface area (Å²) in [6, 6.07) is 13.5. The minimum absolute atomic E-state index is 0.152. The zero-order valence-electron chi connectivity index (χ0n) is 15.4. The van der Waals surface area contributed by atoms with Crippen molar-refractivity contribution in [3.8, 4) is 5.75 Å². The number of fused-ring (bicyclic) bond motifs is 1. The molecule has 0 N–H and O–H groups in total. The van der Waals surface area contributed by atoms with Gasteiger partial charge < -0.3 is 4.74 Å². The van der Waals surface area contributed by atoms with E-state index >= 15 is 0 Å². The van der Waals surface area contributed by atoms with Gasteiger partial charge in [-0.25, -0.2) is 4.79 Å². The molecule has 3 atom stereocenters. The number of hydrogen-bond donors (Lipinski definition) is 0. The molecule has 4 rings (SSSR count). The molecule has 5 nitrogen and oxygen atoms in total. The van der Waals surface area contributed by atoms with Crippen LogP contribution in [0.1, 0.15) is 36.5 Å². The molecule has 1 saturated heterocycles. The number of esters is 1. The van der Waals surface area contributed by atoms with Crippen molar-refractivity contribution in [3.05, 3.63) is 58.6 Å². The molecular weight excluding hydrogens is 422 g/mol. The molecule has 2 aliphatic rings. The van der Waals surface area contributed by atoms with Gasteiger partial charge in [0, 0.05) is 4.47 Å². The van der Waals surface area contributed by atoms with Crippen LogP contribution in [0.15, 0.2) is 53.0 Å². The second kappa shape index (κ2) is 7.51. The fourth-order valence-electron chi connectivity index (χ4n) is 4.08. The van der Waals surface area contributed by atoms with E-state index in [1.54, 1.807) is 48.5 Å². The standard InChI is InChI=1S/C22H20BrNO4/c1-13-5-10-18-19(11-13)21(26)24(20(18)25)16-4-2-3-14(12-16)22(27)28-17-8-6-15(23)7-9-17/h2-4,6-9,12-13,18-19H,5,10-11H2,1H3/t13-,18-,19-/m1/s1. The maximum Gasteiger partial charge on any atom is 0.343 e. The Morgan fingerprint density at radius 2 is 1.75 bits per heavy atom. The number of anilines is 1. The van der Waals surface area contributed by atoms with E-state index in [4.69, 9.17) is 4.74 Å². The third-order valence-corrected chi connectivity index (χ3v) is 6.08. The lowest BCUT2D eigenvalue weighted by molar-refractivity contribution is -0.122. The molecule has 144 valence electrons. The second-order valence-electron chi connectivity index (χ2n) is 7.54. The van der Waals surface area contributed by atoms with Crippen molar-refractivity contribution in [1.82, 2.24) is 0 Å². The molecule has 0 bridgehead atoms. The summed E-state index contributed by atoms with van der Waals surface area (Å²) < 4.78 is 6.27. The maximum atomic E-state index is 12.9. The van der Waals surface area contributed by atoms with Crippen LogP contribution in [0.5, 0.6) is 5.75 Å². The Morgan fingerprint density at radius 3 is 2.50 bits per heavy atom. The fraction of sp³-hybridized carbons (Fsp3) is 0.318. The van der Waals surface area contributed by atoms with Crippen LogP contribution in [0, 0.1) is 17.8 Å². The number of benzene rings is 2. The lowest BCUT2D eigenvalue weighted by Crippen LogP contribution is -2.31. The molecule has 0 spiro atoms. The Balaban J connectivity index is 1.56. The van der Waals surface area contributed by atoms with Crippen LogP contribution in [0.3, 0.4) is 0 Å². The van der Waals surface area contributed by atoms with Gasteiger partial charge in [0.25, 0.3) is 0 Å². The Hall–Kier alpha value is -2.47. The largest absolute Gasteiger partial charge is 0.423 e. The van der Waals surface area contributed by atoms with Gasteiger partial charge in [0.05, 0.1) is 23.1 Å².